The quantitative estimate of drug-likeness (QED) is 0.822. The number of fused-ring (bicyclic) bond motifs is 1. The third-order valence-electron chi connectivity index (χ3n) is 5.82. The Kier molecular flexibility index (Phi) is 5.40. The van der Waals surface area contributed by atoms with Crippen LogP contribution < -0.4 is 0 Å². The molecule has 144 valence electrons. The first-order valence-corrected chi connectivity index (χ1v) is 9.99. The van der Waals surface area contributed by atoms with Gasteiger partial charge in [0.2, 0.25) is 5.91 Å². The van der Waals surface area contributed by atoms with E-state index in [1.807, 2.05) is 48.2 Å². The molecule has 0 radical (unpaired) electrons. The fraction of sp³-hybridized carbons (Fsp3) is 0.333. The summed E-state index contributed by atoms with van der Waals surface area (Å²) in [5, 5.41) is 0. The first-order valence-electron chi connectivity index (χ1n) is 9.99. The minimum absolute atomic E-state index is 0.0988. The molecule has 4 heteroatoms. The zero-order chi connectivity index (χ0) is 19.5. The van der Waals surface area contributed by atoms with E-state index in [1.165, 1.54) is 5.56 Å². The van der Waals surface area contributed by atoms with Gasteiger partial charge >= 0.3 is 0 Å². The Hall–Kier alpha value is -2.72. The molecule has 1 fully saturated rings. The van der Waals surface area contributed by atoms with Gasteiger partial charge in [0.15, 0.2) is 5.78 Å². The van der Waals surface area contributed by atoms with Crippen LogP contribution >= 0.6 is 0 Å². The maximum absolute atomic E-state index is 13.1. The van der Waals surface area contributed by atoms with E-state index in [0.717, 1.165) is 49.4 Å². The summed E-state index contributed by atoms with van der Waals surface area (Å²) in [5.74, 6) is -0.0872. The number of benzene rings is 2. The zero-order valence-corrected chi connectivity index (χ0v) is 16.3. The molecule has 2 aromatic rings. The summed E-state index contributed by atoms with van der Waals surface area (Å²) >= 11 is 0. The number of Topliss-reactive ketones (excluding diaryl/α,β-unsaturated/α-hetero) is 1. The fourth-order valence-electron chi connectivity index (χ4n) is 4.27. The average molecular weight is 374 g/mol. The summed E-state index contributed by atoms with van der Waals surface area (Å²) in [4.78, 5) is 29.7. The summed E-state index contributed by atoms with van der Waals surface area (Å²) < 4.78 is 0. The van der Waals surface area contributed by atoms with Crippen LogP contribution in [0.15, 0.2) is 54.6 Å². The van der Waals surface area contributed by atoms with Crippen molar-refractivity contribution in [1.82, 2.24) is 9.80 Å². The second-order valence-electron chi connectivity index (χ2n) is 7.65. The van der Waals surface area contributed by atoms with Crippen molar-refractivity contribution in [2.75, 3.05) is 32.7 Å². The van der Waals surface area contributed by atoms with Gasteiger partial charge in [-0.1, -0.05) is 60.7 Å². The molecule has 28 heavy (non-hydrogen) atoms. The van der Waals surface area contributed by atoms with Crippen LogP contribution in [0.2, 0.25) is 0 Å². The Labute approximate surface area is 166 Å². The monoisotopic (exact) mass is 374 g/mol. The number of carbonyl (C=O) groups excluding carboxylic acids is 2. The van der Waals surface area contributed by atoms with Crippen LogP contribution in [0, 0.1) is 6.92 Å². The van der Waals surface area contributed by atoms with Crippen LogP contribution in [0.4, 0.5) is 0 Å². The van der Waals surface area contributed by atoms with Crippen LogP contribution in [-0.4, -0.2) is 54.2 Å². The van der Waals surface area contributed by atoms with Crippen molar-refractivity contribution in [2.24, 2.45) is 0 Å². The number of amides is 1. The van der Waals surface area contributed by atoms with Gasteiger partial charge in [0, 0.05) is 44.7 Å². The molecule has 0 spiro atoms. The van der Waals surface area contributed by atoms with Crippen molar-refractivity contribution in [3.63, 3.8) is 0 Å². The molecule has 1 atom stereocenters. The van der Waals surface area contributed by atoms with E-state index in [2.05, 4.69) is 29.2 Å². The molecule has 1 aliphatic heterocycles. The first kappa shape index (κ1) is 18.6. The Balaban J connectivity index is 1.34. The number of nitrogens with zero attached hydrogens (tertiary/aromatic N) is 2. The van der Waals surface area contributed by atoms with Gasteiger partial charge in [-0.25, -0.2) is 0 Å². The van der Waals surface area contributed by atoms with Gasteiger partial charge in [-0.05, 0) is 23.6 Å². The van der Waals surface area contributed by atoms with E-state index < -0.39 is 0 Å². The highest BCUT2D eigenvalue weighted by Crippen LogP contribution is 2.36. The number of rotatable bonds is 4. The van der Waals surface area contributed by atoms with Crippen LogP contribution in [0.3, 0.4) is 0 Å². The number of hydrogen-bond acceptors (Lipinski definition) is 3. The SMILES string of the molecule is Cc1cccc2c1C(C(=O)N1CCN(C/C=C/c3ccccc3)CC1)CC2=O. The van der Waals surface area contributed by atoms with Crippen molar-refractivity contribution in [2.45, 2.75) is 19.3 Å². The van der Waals surface area contributed by atoms with Crippen molar-refractivity contribution >= 4 is 17.8 Å². The number of hydrogen-bond donors (Lipinski definition) is 0. The molecular formula is C24H26N2O2. The van der Waals surface area contributed by atoms with Crippen molar-refractivity contribution < 1.29 is 9.59 Å². The lowest BCUT2D eigenvalue weighted by atomic mass is 9.95. The molecule has 4 rings (SSSR count). The smallest absolute Gasteiger partial charge is 0.230 e. The summed E-state index contributed by atoms with van der Waals surface area (Å²) in [6.07, 6.45) is 4.64. The van der Waals surface area contributed by atoms with Gasteiger partial charge in [-0.3, -0.25) is 14.5 Å². The second-order valence-corrected chi connectivity index (χ2v) is 7.65. The number of aryl methyl sites for hydroxylation is 1. The van der Waals surface area contributed by atoms with Gasteiger partial charge in [-0.15, -0.1) is 0 Å². The molecule has 2 aliphatic rings. The molecule has 1 saturated heterocycles. The van der Waals surface area contributed by atoms with Crippen LogP contribution in [0.1, 0.15) is 39.4 Å². The van der Waals surface area contributed by atoms with Gasteiger partial charge in [-0.2, -0.15) is 0 Å². The van der Waals surface area contributed by atoms with E-state index in [4.69, 9.17) is 0 Å². The molecule has 0 saturated carbocycles. The van der Waals surface area contributed by atoms with Crippen molar-refractivity contribution in [3.05, 3.63) is 76.9 Å². The molecule has 1 heterocycles. The lowest BCUT2D eigenvalue weighted by Gasteiger charge is -2.35. The molecule has 0 bridgehead atoms. The average Bonchev–Trinajstić information content (AvgIpc) is 3.07. The molecule has 1 unspecified atom stereocenters. The van der Waals surface area contributed by atoms with E-state index in [9.17, 15) is 9.59 Å². The molecule has 1 aliphatic carbocycles. The van der Waals surface area contributed by atoms with Crippen molar-refractivity contribution in [1.29, 1.82) is 0 Å². The van der Waals surface area contributed by atoms with Gasteiger partial charge in [0.05, 0.1) is 5.92 Å². The molecular weight excluding hydrogens is 348 g/mol. The fourth-order valence-corrected chi connectivity index (χ4v) is 4.27. The Morgan fingerprint density at radius 3 is 2.54 bits per heavy atom. The predicted octanol–water partition coefficient (Wildman–Crippen LogP) is 3.52. The highest BCUT2D eigenvalue weighted by atomic mass is 16.2. The van der Waals surface area contributed by atoms with Gasteiger partial charge in [0.1, 0.15) is 0 Å². The molecule has 2 aromatic carbocycles. The highest BCUT2D eigenvalue weighted by Gasteiger charge is 2.38. The zero-order valence-electron chi connectivity index (χ0n) is 16.3. The Morgan fingerprint density at radius 1 is 1.04 bits per heavy atom. The molecule has 0 N–H and O–H groups in total. The highest BCUT2D eigenvalue weighted by molar-refractivity contribution is 6.07. The van der Waals surface area contributed by atoms with E-state index in [0.29, 0.717) is 6.42 Å². The third kappa shape index (κ3) is 3.78. The number of carbonyl (C=O) groups is 2. The van der Waals surface area contributed by atoms with Crippen LogP contribution in [0.5, 0.6) is 0 Å². The predicted molar refractivity (Wildman–Crippen MR) is 111 cm³/mol. The topological polar surface area (TPSA) is 40.6 Å². The normalized spacial score (nSPS) is 20.0. The maximum atomic E-state index is 13.1. The minimum atomic E-state index is -0.298. The Bertz CT molecular complexity index is 896. The van der Waals surface area contributed by atoms with E-state index in [1.54, 1.807) is 0 Å². The molecule has 4 nitrogen and oxygen atoms in total. The lowest BCUT2D eigenvalue weighted by Crippen LogP contribution is -2.49. The standard InChI is InChI=1S/C24H26N2O2/c1-18-7-5-11-20-22(27)17-21(23(18)20)24(28)26-15-13-25(14-16-26)12-6-10-19-8-3-2-4-9-19/h2-11,21H,12-17H2,1H3/b10-6+. The van der Waals surface area contributed by atoms with Crippen LogP contribution in [-0.2, 0) is 4.79 Å². The Morgan fingerprint density at radius 2 is 1.79 bits per heavy atom. The van der Waals surface area contributed by atoms with Gasteiger partial charge in [0.25, 0.3) is 0 Å². The summed E-state index contributed by atoms with van der Waals surface area (Å²) in [5.41, 5.74) is 3.94. The number of ketones is 1. The van der Waals surface area contributed by atoms with E-state index in [-0.39, 0.29) is 17.6 Å². The summed E-state index contributed by atoms with van der Waals surface area (Å²) in [6, 6.07) is 16.0. The first-order chi connectivity index (χ1) is 13.6. The maximum Gasteiger partial charge on any atom is 0.230 e. The minimum Gasteiger partial charge on any atom is -0.340 e. The van der Waals surface area contributed by atoms with Gasteiger partial charge < -0.3 is 4.90 Å². The number of piperazine rings is 1. The van der Waals surface area contributed by atoms with Crippen LogP contribution in [0.25, 0.3) is 6.08 Å². The lowest BCUT2D eigenvalue weighted by molar-refractivity contribution is -0.134. The second kappa shape index (κ2) is 8.11. The van der Waals surface area contributed by atoms with E-state index >= 15 is 0 Å². The largest absolute Gasteiger partial charge is 0.340 e. The summed E-state index contributed by atoms with van der Waals surface area (Å²) in [7, 11) is 0. The molecule has 1 amide bonds. The summed E-state index contributed by atoms with van der Waals surface area (Å²) in [6.45, 7) is 6.07. The third-order valence-corrected chi connectivity index (χ3v) is 5.82. The molecule has 0 aromatic heterocycles. The van der Waals surface area contributed by atoms with Crippen molar-refractivity contribution in [3.8, 4) is 0 Å².